The van der Waals surface area contributed by atoms with Crippen molar-refractivity contribution in [2.24, 2.45) is 17.6 Å². The molecule has 0 aliphatic heterocycles. The summed E-state index contributed by atoms with van der Waals surface area (Å²) in [5.74, 6) is -1.44. The SMILES string of the molecule is NCC(NC(=O)C1CC1c1c(F)cccc1F)C1CC1. The Labute approximate surface area is 116 Å². The fourth-order valence-electron chi connectivity index (χ4n) is 2.83. The summed E-state index contributed by atoms with van der Waals surface area (Å²) in [6.07, 6.45) is 2.70. The van der Waals surface area contributed by atoms with Crippen LogP contribution in [0.4, 0.5) is 8.78 Å². The van der Waals surface area contributed by atoms with Crippen LogP contribution in [0.2, 0.25) is 0 Å². The Morgan fingerprint density at radius 3 is 2.55 bits per heavy atom. The molecule has 5 heteroatoms. The molecule has 1 amide bonds. The highest BCUT2D eigenvalue weighted by Crippen LogP contribution is 2.49. The monoisotopic (exact) mass is 280 g/mol. The smallest absolute Gasteiger partial charge is 0.224 e. The Bertz CT molecular complexity index is 510. The van der Waals surface area contributed by atoms with Crippen molar-refractivity contribution >= 4 is 5.91 Å². The van der Waals surface area contributed by atoms with Crippen molar-refractivity contribution in [2.75, 3.05) is 6.54 Å². The molecule has 0 spiro atoms. The normalized spacial score (nSPS) is 26.1. The number of amides is 1. The summed E-state index contributed by atoms with van der Waals surface area (Å²) in [6.45, 7) is 0.419. The van der Waals surface area contributed by atoms with Crippen LogP contribution in [0, 0.1) is 23.5 Å². The van der Waals surface area contributed by atoms with Crippen LogP contribution in [0.5, 0.6) is 0 Å². The zero-order valence-electron chi connectivity index (χ0n) is 11.1. The van der Waals surface area contributed by atoms with Crippen molar-refractivity contribution in [3.8, 4) is 0 Å². The Morgan fingerprint density at radius 2 is 2.00 bits per heavy atom. The second kappa shape index (κ2) is 5.13. The van der Waals surface area contributed by atoms with E-state index < -0.39 is 11.6 Å². The maximum absolute atomic E-state index is 13.7. The molecule has 0 heterocycles. The molecule has 2 saturated carbocycles. The van der Waals surface area contributed by atoms with E-state index in [-0.39, 0.29) is 29.3 Å². The molecule has 1 aromatic carbocycles. The van der Waals surface area contributed by atoms with Crippen LogP contribution in [0.15, 0.2) is 18.2 Å². The first-order valence-electron chi connectivity index (χ1n) is 7.06. The number of hydrogen-bond acceptors (Lipinski definition) is 2. The minimum absolute atomic E-state index is 0.00853. The fraction of sp³-hybridized carbons (Fsp3) is 0.533. The third-order valence-corrected chi connectivity index (χ3v) is 4.27. The Morgan fingerprint density at radius 1 is 1.35 bits per heavy atom. The van der Waals surface area contributed by atoms with Gasteiger partial charge in [0.05, 0.1) is 0 Å². The topological polar surface area (TPSA) is 55.1 Å². The molecule has 0 saturated heterocycles. The summed E-state index contributed by atoms with van der Waals surface area (Å²) in [7, 11) is 0. The summed E-state index contributed by atoms with van der Waals surface area (Å²) >= 11 is 0. The van der Waals surface area contributed by atoms with Gasteiger partial charge < -0.3 is 11.1 Å². The minimum atomic E-state index is -0.567. The van der Waals surface area contributed by atoms with Crippen LogP contribution in [0.3, 0.4) is 0 Å². The number of carbonyl (C=O) groups excluding carboxylic acids is 1. The van der Waals surface area contributed by atoms with E-state index in [1.54, 1.807) is 0 Å². The number of hydrogen-bond donors (Lipinski definition) is 2. The summed E-state index contributed by atoms with van der Waals surface area (Å²) in [5, 5.41) is 2.92. The summed E-state index contributed by atoms with van der Waals surface area (Å²) < 4.78 is 27.3. The van der Waals surface area contributed by atoms with Gasteiger partial charge >= 0.3 is 0 Å². The van der Waals surface area contributed by atoms with Gasteiger partial charge in [-0.1, -0.05) is 6.07 Å². The molecule has 0 bridgehead atoms. The van der Waals surface area contributed by atoms with E-state index in [4.69, 9.17) is 5.73 Å². The largest absolute Gasteiger partial charge is 0.352 e. The molecule has 0 aromatic heterocycles. The lowest BCUT2D eigenvalue weighted by molar-refractivity contribution is -0.123. The van der Waals surface area contributed by atoms with Gasteiger partial charge in [0, 0.05) is 30.0 Å². The van der Waals surface area contributed by atoms with Crippen molar-refractivity contribution in [2.45, 2.75) is 31.2 Å². The molecule has 108 valence electrons. The van der Waals surface area contributed by atoms with Gasteiger partial charge in [-0.25, -0.2) is 8.78 Å². The van der Waals surface area contributed by atoms with Gasteiger partial charge in [-0.2, -0.15) is 0 Å². The summed E-state index contributed by atoms with van der Waals surface area (Å²) in [5.41, 5.74) is 5.69. The third-order valence-electron chi connectivity index (χ3n) is 4.27. The highest BCUT2D eigenvalue weighted by molar-refractivity contribution is 5.83. The second-order valence-corrected chi connectivity index (χ2v) is 5.77. The van der Waals surface area contributed by atoms with Gasteiger partial charge in [-0.05, 0) is 37.3 Å². The maximum atomic E-state index is 13.7. The number of carbonyl (C=O) groups is 1. The predicted molar refractivity (Wildman–Crippen MR) is 70.9 cm³/mol. The van der Waals surface area contributed by atoms with Crippen molar-refractivity contribution in [3.63, 3.8) is 0 Å². The summed E-state index contributed by atoms with van der Waals surface area (Å²) in [6, 6.07) is 3.81. The zero-order valence-corrected chi connectivity index (χ0v) is 11.1. The van der Waals surface area contributed by atoms with Crippen molar-refractivity contribution in [1.29, 1.82) is 0 Å². The molecule has 3 nitrogen and oxygen atoms in total. The van der Waals surface area contributed by atoms with Gasteiger partial charge in [-0.15, -0.1) is 0 Å². The van der Waals surface area contributed by atoms with E-state index in [9.17, 15) is 13.6 Å². The molecule has 2 aliphatic rings. The fourth-order valence-corrected chi connectivity index (χ4v) is 2.83. The van der Waals surface area contributed by atoms with E-state index in [2.05, 4.69) is 5.32 Å². The molecule has 3 rings (SSSR count). The van der Waals surface area contributed by atoms with Gasteiger partial charge in [0.15, 0.2) is 0 Å². The van der Waals surface area contributed by atoms with E-state index in [0.717, 1.165) is 12.8 Å². The van der Waals surface area contributed by atoms with E-state index >= 15 is 0 Å². The Kier molecular flexibility index (Phi) is 3.46. The van der Waals surface area contributed by atoms with Crippen molar-refractivity contribution < 1.29 is 13.6 Å². The van der Waals surface area contributed by atoms with E-state index in [1.807, 2.05) is 0 Å². The van der Waals surface area contributed by atoms with Crippen LogP contribution in [-0.2, 0) is 4.79 Å². The molecule has 1 aromatic rings. The first-order valence-corrected chi connectivity index (χ1v) is 7.06. The summed E-state index contributed by atoms with van der Waals surface area (Å²) in [4.78, 5) is 12.1. The molecule has 3 unspecified atom stereocenters. The van der Waals surface area contributed by atoms with Crippen LogP contribution < -0.4 is 11.1 Å². The van der Waals surface area contributed by atoms with Crippen LogP contribution in [0.1, 0.15) is 30.7 Å². The highest BCUT2D eigenvalue weighted by atomic mass is 19.1. The van der Waals surface area contributed by atoms with Gasteiger partial charge in [0.2, 0.25) is 5.91 Å². The Hall–Kier alpha value is -1.49. The number of benzene rings is 1. The van der Waals surface area contributed by atoms with Crippen LogP contribution in [-0.4, -0.2) is 18.5 Å². The molecular weight excluding hydrogens is 262 g/mol. The van der Waals surface area contributed by atoms with E-state index in [1.165, 1.54) is 18.2 Å². The molecule has 0 radical (unpaired) electrons. The van der Waals surface area contributed by atoms with E-state index in [0.29, 0.717) is 18.9 Å². The lowest BCUT2D eigenvalue weighted by Gasteiger charge is -2.16. The average molecular weight is 280 g/mol. The maximum Gasteiger partial charge on any atom is 0.224 e. The van der Waals surface area contributed by atoms with Crippen molar-refractivity contribution in [3.05, 3.63) is 35.4 Å². The van der Waals surface area contributed by atoms with Crippen LogP contribution >= 0.6 is 0 Å². The predicted octanol–water partition coefficient (Wildman–Crippen LogP) is 1.92. The average Bonchev–Trinajstić information content (AvgIpc) is 3.27. The minimum Gasteiger partial charge on any atom is -0.352 e. The molecule has 2 aliphatic carbocycles. The van der Waals surface area contributed by atoms with Gasteiger partial charge in [0.1, 0.15) is 11.6 Å². The number of nitrogens with one attached hydrogen (secondary N) is 1. The first-order chi connectivity index (χ1) is 9.61. The van der Waals surface area contributed by atoms with Gasteiger partial charge in [0.25, 0.3) is 0 Å². The number of halogens is 2. The molecule has 3 atom stereocenters. The quantitative estimate of drug-likeness (QED) is 0.866. The lowest BCUT2D eigenvalue weighted by Crippen LogP contribution is -2.42. The molecular formula is C15H18F2N2O. The number of nitrogens with two attached hydrogens (primary N) is 1. The van der Waals surface area contributed by atoms with Crippen LogP contribution in [0.25, 0.3) is 0 Å². The zero-order chi connectivity index (χ0) is 14.3. The highest BCUT2D eigenvalue weighted by Gasteiger charge is 2.47. The van der Waals surface area contributed by atoms with Crippen molar-refractivity contribution in [1.82, 2.24) is 5.32 Å². The molecule has 2 fully saturated rings. The molecule has 3 N–H and O–H groups in total. The number of rotatable bonds is 5. The second-order valence-electron chi connectivity index (χ2n) is 5.77. The first kappa shape index (κ1) is 13.5. The lowest BCUT2D eigenvalue weighted by atomic mass is 10.1. The molecule has 20 heavy (non-hydrogen) atoms. The Balaban J connectivity index is 1.65. The van der Waals surface area contributed by atoms with Gasteiger partial charge in [-0.3, -0.25) is 4.79 Å². The standard InChI is InChI=1S/C15H18F2N2O/c16-11-2-1-3-12(17)14(11)9-6-10(9)15(20)19-13(7-18)8-4-5-8/h1-3,8-10,13H,4-7,18H2,(H,19,20). The third kappa shape index (κ3) is 2.54.